The van der Waals surface area contributed by atoms with Gasteiger partial charge in [-0.05, 0) is 6.42 Å². The maximum atomic E-state index is 11.3. The molecule has 0 aliphatic heterocycles. The molecule has 0 saturated carbocycles. The molecule has 1 atom stereocenters. The Bertz CT molecular complexity index is 582. The van der Waals surface area contributed by atoms with E-state index in [9.17, 15) is 29.8 Å². The van der Waals surface area contributed by atoms with Gasteiger partial charge >= 0.3 is 18.9 Å². The molecule has 0 aromatic rings. The summed E-state index contributed by atoms with van der Waals surface area (Å²) in [6, 6.07) is 0. The van der Waals surface area contributed by atoms with Gasteiger partial charge in [0.2, 0.25) is 10.0 Å². The SMILES string of the molecule is CS(=O)(=O)CCCS(=O)(=O)NCC(O)CS(=O)(=O)[O-].[Li+]. The standard InChI is InChI=1S/C7H17NO8S3.Li/c1-17(10,11)3-2-4-18(12,13)8-5-7(9)6-19(14,15)16;/h7-9H,2-6H2,1H3,(H,14,15,16);/q;+1/p-1. The summed E-state index contributed by atoms with van der Waals surface area (Å²) >= 11 is 0. The van der Waals surface area contributed by atoms with Crippen LogP contribution in [0.25, 0.3) is 0 Å². The fourth-order valence-corrected chi connectivity index (χ4v) is 3.66. The Labute approximate surface area is 131 Å². The topological polar surface area (TPSA) is 158 Å². The van der Waals surface area contributed by atoms with Crippen LogP contribution in [0.15, 0.2) is 0 Å². The molecule has 13 heteroatoms. The monoisotopic (exact) mass is 345 g/mol. The van der Waals surface area contributed by atoms with E-state index in [4.69, 9.17) is 5.11 Å². The van der Waals surface area contributed by atoms with Crippen LogP contribution in [0.1, 0.15) is 6.42 Å². The van der Waals surface area contributed by atoms with E-state index in [1.165, 1.54) is 0 Å². The van der Waals surface area contributed by atoms with Crippen LogP contribution in [0.5, 0.6) is 0 Å². The van der Waals surface area contributed by atoms with E-state index in [-0.39, 0.29) is 31.0 Å². The van der Waals surface area contributed by atoms with Crippen LogP contribution in [-0.4, -0.2) is 71.1 Å². The summed E-state index contributed by atoms with van der Waals surface area (Å²) in [5, 5.41) is 9.10. The van der Waals surface area contributed by atoms with Gasteiger partial charge in [-0.3, -0.25) is 0 Å². The molecule has 0 rings (SSSR count). The van der Waals surface area contributed by atoms with Gasteiger partial charge in [-0.2, -0.15) is 0 Å². The Morgan fingerprint density at radius 2 is 1.60 bits per heavy atom. The fourth-order valence-electron chi connectivity index (χ4n) is 1.10. The molecular formula is C7H16LiNO8S3. The zero-order valence-corrected chi connectivity index (χ0v) is 13.6. The van der Waals surface area contributed by atoms with Crippen LogP contribution in [0.3, 0.4) is 0 Å². The molecule has 0 aliphatic carbocycles. The van der Waals surface area contributed by atoms with Crippen LogP contribution in [0.4, 0.5) is 0 Å². The van der Waals surface area contributed by atoms with Crippen molar-refractivity contribution in [1.82, 2.24) is 4.72 Å². The molecule has 9 nitrogen and oxygen atoms in total. The maximum absolute atomic E-state index is 11.3. The van der Waals surface area contributed by atoms with Crippen molar-refractivity contribution in [3.8, 4) is 0 Å². The third kappa shape index (κ3) is 14.7. The van der Waals surface area contributed by atoms with Gasteiger partial charge in [0, 0.05) is 12.8 Å². The zero-order valence-electron chi connectivity index (χ0n) is 11.1. The summed E-state index contributed by atoms with van der Waals surface area (Å²) in [4.78, 5) is 0. The van der Waals surface area contributed by atoms with Crippen LogP contribution in [-0.2, 0) is 30.0 Å². The number of nitrogens with one attached hydrogen (secondary N) is 1. The molecule has 20 heavy (non-hydrogen) atoms. The zero-order chi connectivity index (χ0) is 15.3. The van der Waals surface area contributed by atoms with Crippen molar-refractivity contribution in [2.45, 2.75) is 12.5 Å². The first kappa shape index (κ1) is 22.6. The molecule has 0 radical (unpaired) electrons. The Morgan fingerprint density at radius 3 is 2.00 bits per heavy atom. The number of aliphatic hydroxyl groups excluding tert-OH is 1. The Morgan fingerprint density at radius 1 is 1.10 bits per heavy atom. The van der Waals surface area contributed by atoms with Crippen LogP contribution >= 0.6 is 0 Å². The first-order chi connectivity index (χ1) is 8.31. The minimum absolute atomic E-state index is 0. The van der Waals surface area contributed by atoms with Crippen LogP contribution in [0.2, 0.25) is 0 Å². The molecule has 0 aromatic carbocycles. The van der Waals surface area contributed by atoms with Gasteiger partial charge < -0.3 is 9.66 Å². The Kier molecular flexibility index (Phi) is 9.83. The molecule has 0 amide bonds. The van der Waals surface area contributed by atoms with Crippen LogP contribution in [0, 0.1) is 0 Å². The molecule has 116 valence electrons. The average molecular weight is 345 g/mol. The summed E-state index contributed by atoms with van der Waals surface area (Å²) < 4.78 is 77.0. The predicted octanol–water partition coefficient (Wildman–Crippen LogP) is -5.75. The van der Waals surface area contributed by atoms with Crippen molar-refractivity contribution in [2.24, 2.45) is 0 Å². The maximum Gasteiger partial charge on any atom is 1.00 e. The molecular weight excluding hydrogens is 329 g/mol. The first-order valence-electron chi connectivity index (χ1n) is 5.07. The summed E-state index contributed by atoms with van der Waals surface area (Å²) in [5.41, 5.74) is 0. The van der Waals surface area contributed by atoms with E-state index in [1.807, 2.05) is 4.72 Å². The Hall–Kier alpha value is 0.327. The van der Waals surface area contributed by atoms with Crippen LogP contribution < -0.4 is 23.6 Å². The van der Waals surface area contributed by atoms with Gasteiger partial charge in [0.1, 0.15) is 9.84 Å². The van der Waals surface area contributed by atoms with E-state index in [1.54, 1.807) is 0 Å². The summed E-state index contributed by atoms with van der Waals surface area (Å²) in [7, 11) is -11.7. The minimum atomic E-state index is -4.64. The number of sulfonamides is 1. The van der Waals surface area contributed by atoms with E-state index >= 15 is 0 Å². The fraction of sp³-hybridized carbons (Fsp3) is 1.00. The Balaban J connectivity index is 0. The van der Waals surface area contributed by atoms with Crippen molar-refractivity contribution in [1.29, 1.82) is 0 Å². The number of rotatable bonds is 9. The normalized spacial score (nSPS) is 14.6. The second-order valence-electron chi connectivity index (χ2n) is 4.03. The first-order valence-corrected chi connectivity index (χ1v) is 10.4. The van der Waals surface area contributed by atoms with Crippen molar-refractivity contribution in [3.63, 3.8) is 0 Å². The second-order valence-corrected chi connectivity index (χ2v) is 9.66. The van der Waals surface area contributed by atoms with Gasteiger partial charge in [0.05, 0.1) is 33.5 Å². The molecule has 0 heterocycles. The third-order valence-electron chi connectivity index (χ3n) is 1.86. The molecule has 0 spiro atoms. The number of aliphatic hydroxyl groups is 1. The molecule has 0 aliphatic rings. The quantitative estimate of drug-likeness (QED) is 0.309. The van der Waals surface area contributed by atoms with Crippen molar-refractivity contribution >= 4 is 30.0 Å². The van der Waals surface area contributed by atoms with Crippen molar-refractivity contribution < 1.29 is 53.8 Å². The number of sulfone groups is 1. The third-order valence-corrected chi connectivity index (χ3v) is 5.12. The van der Waals surface area contributed by atoms with Crippen molar-refractivity contribution in [3.05, 3.63) is 0 Å². The van der Waals surface area contributed by atoms with Gasteiger partial charge in [-0.25, -0.2) is 30.0 Å². The predicted molar refractivity (Wildman–Crippen MR) is 66.7 cm³/mol. The number of hydrogen-bond donors (Lipinski definition) is 2. The van der Waals surface area contributed by atoms with Gasteiger partial charge in [0.15, 0.2) is 0 Å². The van der Waals surface area contributed by atoms with Gasteiger partial charge in [-0.1, -0.05) is 0 Å². The molecule has 0 fully saturated rings. The number of hydrogen-bond acceptors (Lipinski definition) is 8. The van der Waals surface area contributed by atoms with E-state index in [0.717, 1.165) is 6.26 Å². The summed E-state index contributed by atoms with van der Waals surface area (Å²) in [6.45, 7) is -0.622. The molecule has 0 saturated heterocycles. The van der Waals surface area contributed by atoms with Gasteiger partial charge in [0.25, 0.3) is 0 Å². The largest absolute Gasteiger partial charge is 1.00 e. The molecule has 2 N–H and O–H groups in total. The molecule has 0 aromatic heterocycles. The smallest absolute Gasteiger partial charge is 0.748 e. The summed E-state index contributed by atoms with van der Waals surface area (Å²) in [5.74, 6) is -1.87. The summed E-state index contributed by atoms with van der Waals surface area (Å²) in [6.07, 6.45) is -0.799. The molecule has 0 bridgehead atoms. The van der Waals surface area contributed by atoms with Crippen molar-refractivity contribution in [2.75, 3.05) is 30.1 Å². The minimum Gasteiger partial charge on any atom is -0.748 e. The second kappa shape index (κ2) is 8.69. The van der Waals surface area contributed by atoms with E-state index in [0.29, 0.717) is 0 Å². The van der Waals surface area contributed by atoms with E-state index in [2.05, 4.69) is 0 Å². The average Bonchev–Trinajstić information content (AvgIpc) is 2.09. The van der Waals surface area contributed by atoms with Gasteiger partial charge in [-0.15, -0.1) is 0 Å². The van der Waals surface area contributed by atoms with E-state index < -0.39 is 54.1 Å². The molecule has 1 unspecified atom stereocenters.